The van der Waals surface area contributed by atoms with E-state index in [1.807, 2.05) is 13.8 Å². The van der Waals surface area contributed by atoms with Gasteiger partial charge in [-0.15, -0.1) is 0 Å². The van der Waals surface area contributed by atoms with Crippen molar-refractivity contribution in [3.63, 3.8) is 0 Å². The SMILES string of the molecule is CCCOOC(C)=O.CCCOOC(C)=O. The Hall–Kier alpha value is -1.14. The first-order chi connectivity index (χ1) is 7.54. The minimum Gasteiger partial charge on any atom is -0.299 e. The molecule has 0 bridgehead atoms. The Morgan fingerprint density at radius 3 is 1.31 bits per heavy atom. The van der Waals surface area contributed by atoms with Crippen molar-refractivity contribution in [2.75, 3.05) is 13.2 Å². The summed E-state index contributed by atoms with van der Waals surface area (Å²) < 4.78 is 0. The van der Waals surface area contributed by atoms with Crippen molar-refractivity contribution in [2.24, 2.45) is 0 Å². The van der Waals surface area contributed by atoms with Crippen LogP contribution < -0.4 is 0 Å². The number of carbonyl (C=O) groups excluding carboxylic acids is 2. The topological polar surface area (TPSA) is 71.1 Å². The standard InChI is InChI=1S/2C5H10O3/c2*1-3-4-7-8-5(2)6/h2*3-4H2,1-2H3. The number of hydrogen-bond donors (Lipinski definition) is 0. The highest BCUT2D eigenvalue weighted by Gasteiger charge is 1.89. The van der Waals surface area contributed by atoms with E-state index >= 15 is 0 Å². The second-order valence-corrected chi connectivity index (χ2v) is 2.79. The van der Waals surface area contributed by atoms with E-state index in [0.29, 0.717) is 13.2 Å². The largest absolute Gasteiger partial charge is 0.339 e. The van der Waals surface area contributed by atoms with Gasteiger partial charge < -0.3 is 0 Å². The van der Waals surface area contributed by atoms with Gasteiger partial charge in [-0.2, -0.15) is 9.78 Å². The molecule has 0 aliphatic rings. The lowest BCUT2D eigenvalue weighted by Crippen LogP contribution is -2.00. The van der Waals surface area contributed by atoms with E-state index in [1.54, 1.807) is 0 Å². The lowest BCUT2D eigenvalue weighted by atomic mass is 10.5. The zero-order valence-electron chi connectivity index (χ0n) is 10.3. The Morgan fingerprint density at radius 2 is 1.12 bits per heavy atom. The molecule has 0 unspecified atom stereocenters. The van der Waals surface area contributed by atoms with Crippen LogP contribution in [0.2, 0.25) is 0 Å². The number of rotatable bonds is 6. The van der Waals surface area contributed by atoms with E-state index < -0.39 is 11.9 Å². The first kappa shape index (κ1) is 17.3. The molecular formula is C10H20O6. The molecule has 0 N–H and O–H groups in total. The minimum absolute atomic E-state index is 0.404. The summed E-state index contributed by atoms with van der Waals surface area (Å²) >= 11 is 0. The molecule has 0 saturated carbocycles. The fourth-order valence-electron chi connectivity index (χ4n) is 0.416. The van der Waals surface area contributed by atoms with Crippen LogP contribution in [0.3, 0.4) is 0 Å². The highest BCUT2D eigenvalue weighted by molar-refractivity contribution is 5.65. The summed E-state index contributed by atoms with van der Waals surface area (Å²) in [6.07, 6.45) is 1.71. The maximum absolute atomic E-state index is 9.97. The number of hydrogen-bond acceptors (Lipinski definition) is 6. The lowest BCUT2D eigenvalue weighted by molar-refractivity contribution is -0.270. The fourth-order valence-corrected chi connectivity index (χ4v) is 0.416. The average molecular weight is 236 g/mol. The van der Waals surface area contributed by atoms with Gasteiger partial charge in [0, 0.05) is 13.8 Å². The van der Waals surface area contributed by atoms with Gasteiger partial charge in [0.1, 0.15) is 0 Å². The van der Waals surface area contributed by atoms with Crippen LogP contribution in [0.1, 0.15) is 40.5 Å². The molecule has 0 aliphatic heterocycles. The molecular weight excluding hydrogens is 216 g/mol. The molecule has 0 radical (unpaired) electrons. The molecule has 0 aliphatic carbocycles. The van der Waals surface area contributed by atoms with Gasteiger partial charge in [-0.1, -0.05) is 13.8 Å². The molecule has 0 saturated heterocycles. The summed E-state index contributed by atoms with van der Waals surface area (Å²) in [5.41, 5.74) is 0. The third-order valence-electron chi connectivity index (χ3n) is 0.927. The molecule has 16 heavy (non-hydrogen) atoms. The summed E-state index contributed by atoms with van der Waals surface area (Å²) in [5.74, 6) is -0.808. The molecule has 0 aromatic rings. The van der Waals surface area contributed by atoms with Gasteiger partial charge in [0.2, 0.25) is 0 Å². The van der Waals surface area contributed by atoms with Crippen LogP contribution in [-0.2, 0) is 29.1 Å². The van der Waals surface area contributed by atoms with Crippen LogP contribution in [-0.4, -0.2) is 25.2 Å². The summed E-state index contributed by atoms with van der Waals surface area (Å²) in [6, 6.07) is 0. The van der Waals surface area contributed by atoms with Gasteiger partial charge in [-0.05, 0) is 12.8 Å². The monoisotopic (exact) mass is 236 g/mol. The molecule has 6 nitrogen and oxygen atoms in total. The lowest BCUT2D eigenvalue weighted by Gasteiger charge is -1.95. The van der Waals surface area contributed by atoms with Crippen molar-refractivity contribution < 1.29 is 29.1 Å². The summed E-state index contributed by atoms with van der Waals surface area (Å²) in [6.45, 7) is 7.41. The van der Waals surface area contributed by atoms with Crippen LogP contribution in [0.4, 0.5) is 0 Å². The van der Waals surface area contributed by atoms with E-state index in [-0.39, 0.29) is 0 Å². The maximum atomic E-state index is 9.97. The smallest absolute Gasteiger partial charge is 0.299 e. The second-order valence-electron chi connectivity index (χ2n) is 2.79. The van der Waals surface area contributed by atoms with E-state index in [1.165, 1.54) is 13.8 Å². The van der Waals surface area contributed by atoms with Crippen molar-refractivity contribution in [3.8, 4) is 0 Å². The highest BCUT2D eigenvalue weighted by atomic mass is 17.2. The summed E-state index contributed by atoms with van der Waals surface area (Å²) in [5, 5.41) is 0. The minimum atomic E-state index is -0.404. The van der Waals surface area contributed by atoms with Gasteiger partial charge in [0.25, 0.3) is 0 Å². The predicted octanol–water partition coefficient (Wildman–Crippen LogP) is 1.78. The Labute approximate surface area is 95.7 Å². The Bertz CT molecular complexity index is 160. The normalized spacial score (nSPS) is 8.75. The van der Waals surface area contributed by atoms with Gasteiger partial charge in [-0.3, -0.25) is 9.78 Å². The Kier molecular flexibility index (Phi) is 15.0. The molecule has 0 spiro atoms. The average Bonchev–Trinajstić information content (AvgIpc) is 2.18. The van der Waals surface area contributed by atoms with Crippen molar-refractivity contribution in [2.45, 2.75) is 40.5 Å². The molecule has 0 fully saturated rings. The quantitative estimate of drug-likeness (QED) is 0.397. The van der Waals surface area contributed by atoms with Crippen LogP contribution in [0.5, 0.6) is 0 Å². The van der Waals surface area contributed by atoms with Crippen LogP contribution in [0.25, 0.3) is 0 Å². The van der Waals surface area contributed by atoms with Crippen molar-refractivity contribution >= 4 is 11.9 Å². The molecule has 0 heterocycles. The third-order valence-corrected chi connectivity index (χ3v) is 0.927. The summed E-state index contributed by atoms with van der Waals surface area (Å²) in [4.78, 5) is 37.0. The first-order valence-corrected chi connectivity index (χ1v) is 5.14. The van der Waals surface area contributed by atoms with Crippen LogP contribution >= 0.6 is 0 Å². The predicted molar refractivity (Wildman–Crippen MR) is 56.0 cm³/mol. The summed E-state index contributed by atoms with van der Waals surface area (Å²) in [7, 11) is 0. The van der Waals surface area contributed by atoms with Gasteiger partial charge >= 0.3 is 11.9 Å². The van der Waals surface area contributed by atoms with Gasteiger partial charge in [0.15, 0.2) is 0 Å². The zero-order chi connectivity index (χ0) is 12.8. The van der Waals surface area contributed by atoms with Crippen molar-refractivity contribution in [1.29, 1.82) is 0 Å². The van der Waals surface area contributed by atoms with Crippen LogP contribution in [0.15, 0.2) is 0 Å². The molecule has 0 atom stereocenters. The molecule has 0 aromatic heterocycles. The van der Waals surface area contributed by atoms with Crippen molar-refractivity contribution in [3.05, 3.63) is 0 Å². The Balaban J connectivity index is 0. The van der Waals surface area contributed by atoms with Gasteiger partial charge in [-0.25, -0.2) is 9.59 Å². The first-order valence-electron chi connectivity index (χ1n) is 5.14. The zero-order valence-corrected chi connectivity index (χ0v) is 10.3. The molecule has 0 amide bonds. The number of carbonyl (C=O) groups is 2. The molecule has 6 heteroatoms. The molecule has 0 rings (SSSR count). The van der Waals surface area contributed by atoms with Crippen LogP contribution in [0, 0.1) is 0 Å². The third kappa shape index (κ3) is 23.0. The van der Waals surface area contributed by atoms with Gasteiger partial charge in [0.05, 0.1) is 13.2 Å². The maximum Gasteiger partial charge on any atom is 0.339 e. The highest BCUT2D eigenvalue weighted by Crippen LogP contribution is 1.82. The molecule has 0 aromatic carbocycles. The van der Waals surface area contributed by atoms with E-state index in [4.69, 9.17) is 0 Å². The van der Waals surface area contributed by atoms with E-state index in [2.05, 4.69) is 19.6 Å². The fraction of sp³-hybridized carbons (Fsp3) is 0.800. The van der Waals surface area contributed by atoms with Crippen molar-refractivity contribution in [1.82, 2.24) is 0 Å². The second kappa shape index (κ2) is 13.9. The van der Waals surface area contributed by atoms with E-state index in [0.717, 1.165) is 12.8 Å². The molecule has 96 valence electrons. The van der Waals surface area contributed by atoms with E-state index in [9.17, 15) is 9.59 Å². The Morgan fingerprint density at radius 1 is 0.812 bits per heavy atom.